The van der Waals surface area contributed by atoms with Crippen LogP contribution in [0.15, 0.2) is 42.5 Å². The fraction of sp³-hybridized carbons (Fsp3) is 0.368. The van der Waals surface area contributed by atoms with Gasteiger partial charge in [-0.3, -0.25) is 4.21 Å². The van der Waals surface area contributed by atoms with Crippen LogP contribution in [-0.2, 0) is 10.8 Å². The highest BCUT2D eigenvalue weighted by molar-refractivity contribution is 7.84. The maximum Gasteiger partial charge on any atom is 0.123 e. The first-order valence-corrected chi connectivity index (χ1v) is 9.55. The summed E-state index contributed by atoms with van der Waals surface area (Å²) in [6.07, 6.45) is 6.04. The van der Waals surface area contributed by atoms with Gasteiger partial charge in [-0.2, -0.15) is 0 Å². The third-order valence-electron chi connectivity index (χ3n) is 4.63. The quantitative estimate of drug-likeness (QED) is 0.761. The Labute approximate surface area is 138 Å². The number of benzene rings is 2. The molecule has 1 fully saturated rings. The minimum atomic E-state index is -1.17. The minimum Gasteiger partial charge on any atom is -0.259 e. The molecule has 0 spiro atoms. The maximum absolute atomic E-state index is 13.8. The second kappa shape index (κ2) is 6.91. The summed E-state index contributed by atoms with van der Waals surface area (Å²) in [5.41, 5.74) is 2.68. The molecule has 2 aromatic rings. The van der Waals surface area contributed by atoms with Gasteiger partial charge in [0, 0.05) is 17.1 Å². The van der Waals surface area contributed by atoms with Crippen molar-refractivity contribution in [2.75, 3.05) is 6.26 Å². The van der Waals surface area contributed by atoms with Crippen molar-refractivity contribution in [1.82, 2.24) is 0 Å². The van der Waals surface area contributed by atoms with E-state index in [0.29, 0.717) is 5.92 Å². The van der Waals surface area contributed by atoms with Gasteiger partial charge < -0.3 is 0 Å². The molecule has 0 aliphatic heterocycles. The Kier molecular flexibility index (Phi) is 4.90. The Bertz CT molecular complexity index is 706. The molecular formula is C19H20F2OS. The summed E-state index contributed by atoms with van der Waals surface area (Å²) in [5, 5.41) is -0.355. The van der Waals surface area contributed by atoms with E-state index in [4.69, 9.17) is 0 Å². The third kappa shape index (κ3) is 3.52. The van der Waals surface area contributed by atoms with E-state index in [-0.39, 0.29) is 16.9 Å². The molecule has 0 amide bonds. The van der Waals surface area contributed by atoms with Gasteiger partial charge in [-0.15, -0.1) is 0 Å². The second-order valence-corrected chi connectivity index (χ2v) is 7.65. The average molecular weight is 334 g/mol. The predicted octanol–water partition coefficient (Wildman–Crippen LogP) is 5.09. The lowest BCUT2D eigenvalue weighted by Crippen LogP contribution is -2.12. The number of rotatable bonds is 4. The van der Waals surface area contributed by atoms with E-state index in [2.05, 4.69) is 0 Å². The topological polar surface area (TPSA) is 17.1 Å². The van der Waals surface area contributed by atoms with E-state index in [9.17, 15) is 13.0 Å². The standard InChI is InChI=1S/C19H20F2OS/c1-23(22)19(14-6-8-15(20)9-7-14)17-11-10-16(21)12-18(17)13-4-2-3-5-13/h6-13,19H,2-5H2,1H3. The van der Waals surface area contributed by atoms with Gasteiger partial charge in [0.05, 0.1) is 5.25 Å². The number of hydrogen-bond donors (Lipinski definition) is 0. The lowest BCUT2D eigenvalue weighted by Gasteiger charge is -2.22. The van der Waals surface area contributed by atoms with Crippen molar-refractivity contribution in [2.24, 2.45) is 0 Å². The van der Waals surface area contributed by atoms with E-state index in [0.717, 1.165) is 42.4 Å². The van der Waals surface area contributed by atoms with Gasteiger partial charge in [0.1, 0.15) is 11.6 Å². The zero-order valence-electron chi connectivity index (χ0n) is 13.1. The van der Waals surface area contributed by atoms with Crippen LogP contribution in [0, 0.1) is 11.6 Å². The summed E-state index contributed by atoms with van der Waals surface area (Å²) in [6, 6.07) is 10.9. The molecular weight excluding hydrogens is 314 g/mol. The Hall–Kier alpha value is -1.55. The van der Waals surface area contributed by atoms with Gasteiger partial charge >= 0.3 is 0 Å². The van der Waals surface area contributed by atoms with Crippen molar-refractivity contribution < 1.29 is 13.0 Å². The summed E-state index contributed by atoms with van der Waals surface area (Å²) in [4.78, 5) is 0. The van der Waals surface area contributed by atoms with Crippen molar-refractivity contribution in [3.05, 3.63) is 70.8 Å². The zero-order chi connectivity index (χ0) is 16.4. The molecule has 1 aliphatic carbocycles. The zero-order valence-corrected chi connectivity index (χ0v) is 13.9. The molecule has 1 aliphatic rings. The first-order valence-electron chi connectivity index (χ1n) is 7.93. The SMILES string of the molecule is CS(=O)C(c1ccc(F)cc1)c1ccc(F)cc1C1CCCC1. The highest BCUT2D eigenvalue weighted by Gasteiger charge is 2.27. The molecule has 2 unspecified atom stereocenters. The molecule has 0 bridgehead atoms. The van der Waals surface area contributed by atoms with E-state index in [1.807, 2.05) is 0 Å². The van der Waals surface area contributed by atoms with E-state index >= 15 is 0 Å². The molecule has 2 atom stereocenters. The first kappa shape index (κ1) is 16.3. The summed E-state index contributed by atoms with van der Waals surface area (Å²) in [6.45, 7) is 0. The van der Waals surface area contributed by atoms with Crippen molar-refractivity contribution >= 4 is 10.8 Å². The average Bonchev–Trinajstić information content (AvgIpc) is 3.05. The molecule has 23 heavy (non-hydrogen) atoms. The second-order valence-electron chi connectivity index (χ2n) is 6.18. The smallest absolute Gasteiger partial charge is 0.123 e. The fourth-order valence-electron chi connectivity index (χ4n) is 3.56. The summed E-state index contributed by atoms with van der Waals surface area (Å²) < 4.78 is 39.4. The van der Waals surface area contributed by atoms with Gasteiger partial charge in [-0.1, -0.05) is 31.0 Å². The summed E-state index contributed by atoms with van der Waals surface area (Å²) >= 11 is 0. The van der Waals surface area contributed by atoms with Crippen LogP contribution >= 0.6 is 0 Å². The van der Waals surface area contributed by atoms with Crippen molar-refractivity contribution in [2.45, 2.75) is 36.9 Å². The molecule has 1 nitrogen and oxygen atoms in total. The summed E-state index contributed by atoms with van der Waals surface area (Å²) in [7, 11) is -1.17. The third-order valence-corrected chi connectivity index (χ3v) is 5.82. The molecule has 0 saturated heterocycles. The van der Waals surface area contributed by atoms with Gasteiger partial charge in [-0.25, -0.2) is 8.78 Å². The van der Waals surface area contributed by atoms with Crippen molar-refractivity contribution in [3.8, 4) is 0 Å². The van der Waals surface area contributed by atoms with E-state index < -0.39 is 10.8 Å². The Morgan fingerprint density at radius 2 is 1.61 bits per heavy atom. The Morgan fingerprint density at radius 3 is 2.22 bits per heavy atom. The van der Waals surface area contributed by atoms with Crippen LogP contribution in [0.25, 0.3) is 0 Å². The van der Waals surface area contributed by atoms with Gasteiger partial charge in [0.2, 0.25) is 0 Å². The highest BCUT2D eigenvalue weighted by atomic mass is 32.2. The van der Waals surface area contributed by atoms with Crippen LogP contribution in [0.4, 0.5) is 8.78 Å². The van der Waals surface area contributed by atoms with E-state index in [1.165, 1.54) is 18.2 Å². The Morgan fingerprint density at radius 1 is 1.00 bits per heavy atom. The lowest BCUT2D eigenvalue weighted by molar-refractivity contribution is 0.615. The molecule has 4 heteroatoms. The van der Waals surface area contributed by atoms with Crippen LogP contribution < -0.4 is 0 Å². The fourth-order valence-corrected chi connectivity index (χ4v) is 4.67. The molecule has 0 heterocycles. The minimum absolute atomic E-state index is 0.254. The molecule has 0 aromatic heterocycles. The molecule has 1 saturated carbocycles. The number of halogens is 2. The molecule has 3 rings (SSSR count). The van der Waals surface area contributed by atoms with Gasteiger partial charge in [0.25, 0.3) is 0 Å². The molecule has 0 N–H and O–H groups in total. The van der Waals surface area contributed by atoms with Gasteiger partial charge in [-0.05, 0) is 59.7 Å². The lowest BCUT2D eigenvalue weighted by atomic mass is 9.89. The Balaban J connectivity index is 2.09. The van der Waals surface area contributed by atoms with Gasteiger partial charge in [0.15, 0.2) is 0 Å². The van der Waals surface area contributed by atoms with E-state index in [1.54, 1.807) is 30.5 Å². The van der Waals surface area contributed by atoms with Crippen LogP contribution in [0.1, 0.15) is 53.5 Å². The normalized spacial score (nSPS) is 18.0. The largest absolute Gasteiger partial charge is 0.259 e. The van der Waals surface area contributed by atoms with Crippen LogP contribution in [0.3, 0.4) is 0 Å². The maximum atomic E-state index is 13.8. The van der Waals surface area contributed by atoms with Crippen LogP contribution in [0.2, 0.25) is 0 Å². The molecule has 122 valence electrons. The van der Waals surface area contributed by atoms with Crippen LogP contribution in [0.5, 0.6) is 0 Å². The molecule has 0 radical (unpaired) electrons. The number of hydrogen-bond acceptors (Lipinski definition) is 1. The summed E-state index contributed by atoms with van der Waals surface area (Å²) in [5.74, 6) is -0.243. The van der Waals surface area contributed by atoms with Crippen molar-refractivity contribution in [1.29, 1.82) is 0 Å². The van der Waals surface area contributed by atoms with Crippen molar-refractivity contribution in [3.63, 3.8) is 0 Å². The first-order chi connectivity index (χ1) is 11.1. The van der Waals surface area contributed by atoms with Crippen LogP contribution in [-0.4, -0.2) is 10.5 Å². The highest BCUT2D eigenvalue weighted by Crippen LogP contribution is 2.40. The predicted molar refractivity (Wildman–Crippen MR) is 89.9 cm³/mol. The molecule has 2 aromatic carbocycles. The monoisotopic (exact) mass is 334 g/mol.